The Morgan fingerprint density at radius 1 is 1.42 bits per heavy atom. The molecule has 1 spiro atoms. The molecule has 1 aromatic rings. The molecular weight excluding hydrogens is 258 g/mol. The minimum absolute atomic E-state index is 0.461. The molecule has 0 aliphatic carbocycles. The maximum atomic E-state index is 5.60. The van der Waals surface area contributed by atoms with Crippen LogP contribution in [0.2, 0.25) is 0 Å². The van der Waals surface area contributed by atoms with Crippen molar-refractivity contribution in [2.24, 2.45) is 5.41 Å². The van der Waals surface area contributed by atoms with Gasteiger partial charge in [0.1, 0.15) is 0 Å². The summed E-state index contributed by atoms with van der Waals surface area (Å²) in [5.41, 5.74) is 1.65. The SMILES string of the molecule is Cc1nc(N(C)C)sc1CN1CCC2(CCOC2)C1. The van der Waals surface area contributed by atoms with Crippen molar-refractivity contribution < 1.29 is 4.74 Å². The molecule has 1 atom stereocenters. The molecule has 0 saturated carbocycles. The third-order valence-electron chi connectivity index (χ3n) is 4.33. The summed E-state index contributed by atoms with van der Waals surface area (Å²) >= 11 is 1.83. The van der Waals surface area contributed by atoms with Gasteiger partial charge in [-0.25, -0.2) is 4.98 Å². The van der Waals surface area contributed by atoms with Gasteiger partial charge in [0.15, 0.2) is 5.13 Å². The predicted octanol–water partition coefficient (Wildman–Crippen LogP) is 2.13. The van der Waals surface area contributed by atoms with Gasteiger partial charge in [-0.15, -0.1) is 11.3 Å². The molecular formula is C14H23N3OS. The molecule has 4 nitrogen and oxygen atoms in total. The standard InChI is InChI=1S/C14H23N3OS/c1-11-12(19-13(15-11)16(2)3)8-17-6-4-14(9-17)5-7-18-10-14/h4-10H2,1-3H3. The molecule has 3 heterocycles. The Morgan fingerprint density at radius 2 is 2.26 bits per heavy atom. The minimum atomic E-state index is 0.461. The third kappa shape index (κ3) is 2.64. The van der Waals surface area contributed by atoms with Crippen LogP contribution in [0.4, 0.5) is 5.13 Å². The number of aryl methyl sites for hydroxylation is 1. The van der Waals surface area contributed by atoms with Crippen LogP contribution in [-0.4, -0.2) is 50.3 Å². The molecule has 0 aromatic carbocycles. The van der Waals surface area contributed by atoms with E-state index < -0.39 is 0 Å². The molecule has 5 heteroatoms. The van der Waals surface area contributed by atoms with Gasteiger partial charge < -0.3 is 9.64 Å². The van der Waals surface area contributed by atoms with Crippen molar-refractivity contribution in [3.05, 3.63) is 10.6 Å². The molecule has 0 amide bonds. The van der Waals surface area contributed by atoms with Crippen molar-refractivity contribution in [1.29, 1.82) is 0 Å². The number of hydrogen-bond donors (Lipinski definition) is 0. The van der Waals surface area contributed by atoms with Crippen LogP contribution >= 0.6 is 11.3 Å². The molecule has 0 bridgehead atoms. The number of nitrogens with zero attached hydrogens (tertiary/aromatic N) is 3. The van der Waals surface area contributed by atoms with Crippen molar-refractivity contribution in [1.82, 2.24) is 9.88 Å². The fourth-order valence-corrected chi connectivity index (χ4v) is 4.11. The van der Waals surface area contributed by atoms with E-state index in [0.29, 0.717) is 5.41 Å². The van der Waals surface area contributed by atoms with Crippen LogP contribution in [0.15, 0.2) is 0 Å². The molecule has 1 aromatic heterocycles. The summed E-state index contributed by atoms with van der Waals surface area (Å²) in [6.45, 7) is 7.51. The van der Waals surface area contributed by atoms with Crippen LogP contribution in [-0.2, 0) is 11.3 Å². The normalized spacial score (nSPS) is 27.5. The number of ether oxygens (including phenoxy) is 1. The Balaban J connectivity index is 1.66. The van der Waals surface area contributed by atoms with Crippen molar-refractivity contribution in [3.63, 3.8) is 0 Å². The number of aromatic nitrogens is 1. The van der Waals surface area contributed by atoms with E-state index in [1.54, 1.807) is 0 Å². The number of rotatable bonds is 3. The Hall–Kier alpha value is -0.650. The molecule has 2 fully saturated rings. The lowest BCUT2D eigenvalue weighted by Crippen LogP contribution is -2.27. The number of hydrogen-bond acceptors (Lipinski definition) is 5. The first kappa shape index (κ1) is 13.3. The van der Waals surface area contributed by atoms with Crippen LogP contribution in [0.25, 0.3) is 0 Å². The second-order valence-electron chi connectivity index (χ2n) is 6.16. The highest BCUT2D eigenvalue weighted by Crippen LogP contribution is 2.39. The average molecular weight is 281 g/mol. The highest BCUT2D eigenvalue weighted by Gasteiger charge is 2.41. The Kier molecular flexibility index (Phi) is 3.53. The van der Waals surface area contributed by atoms with E-state index in [2.05, 4.69) is 35.8 Å². The van der Waals surface area contributed by atoms with E-state index in [0.717, 1.165) is 24.9 Å². The first-order valence-electron chi connectivity index (χ1n) is 7.02. The summed E-state index contributed by atoms with van der Waals surface area (Å²) in [5, 5.41) is 1.12. The lowest BCUT2D eigenvalue weighted by molar-refractivity contribution is 0.151. The smallest absolute Gasteiger partial charge is 0.185 e. The maximum absolute atomic E-state index is 5.60. The summed E-state index contributed by atoms with van der Waals surface area (Å²) < 4.78 is 5.60. The van der Waals surface area contributed by atoms with E-state index >= 15 is 0 Å². The number of likely N-dealkylation sites (tertiary alicyclic amines) is 1. The Labute approximate surface area is 119 Å². The highest BCUT2D eigenvalue weighted by molar-refractivity contribution is 7.15. The minimum Gasteiger partial charge on any atom is -0.381 e. The first-order chi connectivity index (χ1) is 9.08. The van der Waals surface area contributed by atoms with Gasteiger partial charge in [-0.1, -0.05) is 0 Å². The van der Waals surface area contributed by atoms with Crippen LogP contribution in [0.5, 0.6) is 0 Å². The van der Waals surface area contributed by atoms with Gasteiger partial charge in [-0.3, -0.25) is 4.90 Å². The van der Waals surface area contributed by atoms with Crippen molar-refractivity contribution in [2.75, 3.05) is 45.3 Å². The molecule has 3 rings (SSSR count). The Bertz CT molecular complexity index is 452. The summed E-state index contributed by atoms with van der Waals surface area (Å²) in [5.74, 6) is 0. The monoisotopic (exact) mass is 281 g/mol. The third-order valence-corrected chi connectivity index (χ3v) is 5.64. The van der Waals surface area contributed by atoms with Gasteiger partial charge in [0, 0.05) is 44.1 Å². The van der Waals surface area contributed by atoms with Crippen LogP contribution in [0.1, 0.15) is 23.4 Å². The van der Waals surface area contributed by atoms with Crippen molar-refractivity contribution in [3.8, 4) is 0 Å². The zero-order chi connectivity index (χ0) is 13.5. The molecule has 1 unspecified atom stereocenters. The van der Waals surface area contributed by atoms with E-state index in [-0.39, 0.29) is 0 Å². The summed E-state index contributed by atoms with van der Waals surface area (Å²) in [6.07, 6.45) is 2.54. The number of anilines is 1. The van der Waals surface area contributed by atoms with Crippen molar-refractivity contribution >= 4 is 16.5 Å². The second kappa shape index (κ2) is 5.04. The molecule has 2 saturated heterocycles. The fraction of sp³-hybridized carbons (Fsp3) is 0.786. The first-order valence-corrected chi connectivity index (χ1v) is 7.83. The fourth-order valence-electron chi connectivity index (χ4n) is 3.09. The van der Waals surface area contributed by atoms with Crippen LogP contribution in [0, 0.1) is 12.3 Å². The van der Waals surface area contributed by atoms with E-state index in [1.165, 1.54) is 36.5 Å². The zero-order valence-corrected chi connectivity index (χ0v) is 12.9. The van der Waals surface area contributed by atoms with Gasteiger partial charge in [0.05, 0.1) is 12.3 Å². The van der Waals surface area contributed by atoms with Gasteiger partial charge in [-0.05, 0) is 26.3 Å². The van der Waals surface area contributed by atoms with E-state index in [9.17, 15) is 0 Å². The largest absolute Gasteiger partial charge is 0.381 e. The van der Waals surface area contributed by atoms with E-state index in [4.69, 9.17) is 4.74 Å². The van der Waals surface area contributed by atoms with Crippen LogP contribution in [0.3, 0.4) is 0 Å². The van der Waals surface area contributed by atoms with Gasteiger partial charge in [0.2, 0.25) is 0 Å². The lowest BCUT2D eigenvalue weighted by Gasteiger charge is -2.21. The summed E-state index contributed by atoms with van der Waals surface area (Å²) in [7, 11) is 4.12. The Morgan fingerprint density at radius 3 is 2.89 bits per heavy atom. The highest BCUT2D eigenvalue weighted by atomic mass is 32.1. The molecule has 0 radical (unpaired) electrons. The van der Waals surface area contributed by atoms with Gasteiger partial charge in [0.25, 0.3) is 0 Å². The zero-order valence-electron chi connectivity index (χ0n) is 12.1. The molecule has 0 N–H and O–H groups in total. The van der Waals surface area contributed by atoms with Gasteiger partial charge in [-0.2, -0.15) is 0 Å². The predicted molar refractivity (Wildman–Crippen MR) is 78.9 cm³/mol. The van der Waals surface area contributed by atoms with Crippen molar-refractivity contribution in [2.45, 2.75) is 26.3 Å². The second-order valence-corrected chi connectivity index (χ2v) is 7.22. The summed E-state index contributed by atoms with van der Waals surface area (Å²) in [6, 6.07) is 0. The summed E-state index contributed by atoms with van der Waals surface area (Å²) in [4.78, 5) is 10.7. The lowest BCUT2D eigenvalue weighted by atomic mass is 9.87. The quantitative estimate of drug-likeness (QED) is 0.848. The molecule has 19 heavy (non-hydrogen) atoms. The molecule has 106 valence electrons. The maximum Gasteiger partial charge on any atom is 0.185 e. The van der Waals surface area contributed by atoms with Gasteiger partial charge >= 0.3 is 0 Å². The molecule has 2 aliphatic rings. The topological polar surface area (TPSA) is 28.6 Å². The average Bonchev–Trinajstić information content (AvgIpc) is 3.05. The molecule has 2 aliphatic heterocycles. The van der Waals surface area contributed by atoms with E-state index in [1.807, 2.05) is 11.3 Å². The number of thiazole rings is 1. The van der Waals surface area contributed by atoms with Crippen LogP contribution < -0.4 is 4.90 Å².